The van der Waals surface area contributed by atoms with Crippen LogP contribution in [0.25, 0.3) is 0 Å². The zero-order valence-corrected chi connectivity index (χ0v) is 13.9. The van der Waals surface area contributed by atoms with Gasteiger partial charge in [-0.3, -0.25) is 0 Å². The maximum absolute atomic E-state index is 4.51. The van der Waals surface area contributed by atoms with Crippen molar-refractivity contribution in [3.05, 3.63) is 32.4 Å². The van der Waals surface area contributed by atoms with Gasteiger partial charge in [0.15, 0.2) is 0 Å². The Morgan fingerprint density at radius 3 is 2.63 bits per heavy atom. The summed E-state index contributed by atoms with van der Waals surface area (Å²) in [6.45, 7) is 7.60. The van der Waals surface area contributed by atoms with Crippen LogP contribution >= 0.6 is 27.3 Å². The van der Waals surface area contributed by atoms with Crippen LogP contribution in [0, 0.1) is 0 Å². The molecule has 1 saturated carbocycles. The first kappa shape index (κ1) is 13.3. The molecule has 1 fully saturated rings. The maximum atomic E-state index is 4.51. The van der Waals surface area contributed by atoms with Gasteiger partial charge in [-0.1, -0.05) is 0 Å². The minimum atomic E-state index is -0.0904. The van der Waals surface area contributed by atoms with Crippen LogP contribution in [0.3, 0.4) is 0 Å². The third-order valence-corrected chi connectivity index (χ3v) is 5.73. The molecular formula is C14H18BrN3S. The summed E-state index contributed by atoms with van der Waals surface area (Å²) >= 11 is 5.32. The molecule has 0 saturated heterocycles. The average molecular weight is 340 g/mol. The largest absolute Gasteiger partial charge is 0.314 e. The van der Waals surface area contributed by atoms with E-state index in [1.165, 1.54) is 27.3 Å². The lowest BCUT2D eigenvalue weighted by Gasteiger charge is -2.23. The topological polar surface area (TPSA) is 30.7 Å². The fourth-order valence-electron chi connectivity index (χ4n) is 2.49. The number of aromatic nitrogens is 3. The van der Waals surface area contributed by atoms with E-state index in [4.69, 9.17) is 0 Å². The van der Waals surface area contributed by atoms with Crippen molar-refractivity contribution in [2.45, 2.75) is 51.5 Å². The Kier molecular flexibility index (Phi) is 3.29. The first-order valence-corrected chi connectivity index (χ1v) is 8.34. The van der Waals surface area contributed by atoms with Crippen LogP contribution in [0.1, 0.15) is 56.1 Å². The Morgan fingerprint density at radius 1 is 1.37 bits per heavy atom. The first-order chi connectivity index (χ1) is 9.04. The Labute approximate surface area is 126 Å². The van der Waals surface area contributed by atoms with Crippen LogP contribution in [0.2, 0.25) is 0 Å². The molecular weight excluding hydrogens is 322 g/mol. The number of thiophene rings is 1. The molecule has 102 valence electrons. The molecule has 2 aromatic heterocycles. The van der Waals surface area contributed by atoms with Crippen molar-refractivity contribution in [3.8, 4) is 0 Å². The molecule has 0 spiro atoms. The summed E-state index contributed by atoms with van der Waals surface area (Å²) in [6, 6.07) is 4.29. The predicted octanol–water partition coefficient (Wildman–Crippen LogP) is 4.33. The highest BCUT2D eigenvalue weighted by molar-refractivity contribution is 9.11. The molecule has 3 rings (SSSR count). The van der Waals surface area contributed by atoms with E-state index >= 15 is 0 Å². The lowest BCUT2D eigenvalue weighted by atomic mass is 9.90. The summed E-state index contributed by atoms with van der Waals surface area (Å²) in [5.41, 5.74) is -0.0904. The van der Waals surface area contributed by atoms with Gasteiger partial charge in [0.25, 0.3) is 0 Å². The van der Waals surface area contributed by atoms with Crippen molar-refractivity contribution >= 4 is 27.3 Å². The molecule has 0 aromatic carbocycles. The molecule has 0 N–H and O–H groups in total. The van der Waals surface area contributed by atoms with E-state index in [0.29, 0.717) is 5.92 Å². The zero-order chi connectivity index (χ0) is 13.6. The molecule has 0 radical (unpaired) electrons. The highest BCUT2D eigenvalue weighted by Crippen LogP contribution is 2.42. The molecule has 0 atom stereocenters. The monoisotopic (exact) mass is 339 g/mol. The minimum Gasteiger partial charge on any atom is -0.314 e. The number of rotatable bonds is 4. The predicted molar refractivity (Wildman–Crippen MR) is 81.8 cm³/mol. The highest BCUT2D eigenvalue weighted by atomic mass is 79.9. The summed E-state index contributed by atoms with van der Waals surface area (Å²) in [5, 5.41) is 8.96. The summed E-state index contributed by atoms with van der Waals surface area (Å²) in [7, 11) is 0. The molecule has 2 aromatic rings. The van der Waals surface area contributed by atoms with Crippen LogP contribution in [-0.4, -0.2) is 14.8 Å². The smallest absolute Gasteiger partial charge is 0.143 e. The van der Waals surface area contributed by atoms with Gasteiger partial charge < -0.3 is 4.57 Å². The number of hydrogen-bond donors (Lipinski definition) is 0. The molecule has 0 aliphatic heterocycles. The first-order valence-electron chi connectivity index (χ1n) is 6.73. The Balaban J connectivity index is 2.05. The molecule has 0 amide bonds. The molecule has 5 heteroatoms. The quantitative estimate of drug-likeness (QED) is 0.830. The van der Waals surface area contributed by atoms with E-state index in [1.807, 2.05) is 0 Å². The highest BCUT2D eigenvalue weighted by Gasteiger charge is 2.35. The summed E-state index contributed by atoms with van der Waals surface area (Å²) in [5.74, 6) is 2.92. The van der Waals surface area contributed by atoms with Gasteiger partial charge in [-0.15, -0.1) is 21.5 Å². The van der Waals surface area contributed by atoms with Gasteiger partial charge in [-0.2, -0.15) is 0 Å². The van der Waals surface area contributed by atoms with E-state index in [0.717, 1.165) is 12.4 Å². The SMILES string of the molecule is CCn1c(C2CC2)nnc1C(C)(C)c1ccc(Br)s1. The molecule has 19 heavy (non-hydrogen) atoms. The van der Waals surface area contributed by atoms with E-state index in [1.54, 1.807) is 11.3 Å². The van der Waals surface area contributed by atoms with Crippen LogP contribution in [0.4, 0.5) is 0 Å². The van der Waals surface area contributed by atoms with E-state index in [-0.39, 0.29) is 5.41 Å². The van der Waals surface area contributed by atoms with Gasteiger partial charge in [0, 0.05) is 17.3 Å². The standard InChI is InChI=1S/C14H18BrN3S/c1-4-18-12(9-5-6-9)16-17-13(18)14(2,3)10-7-8-11(15)19-10/h7-9H,4-6H2,1-3H3. The second-order valence-electron chi connectivity index (χ2n) is 5.63. The fraction of sp³-hybridized carbons (Fsp3) is 0.571. The van der Waals surface area contributed by atoms with E-state index in [9.17, 15) is 0 Å². The molecule has 0 bridgehead atoms. The summed E-state index contributed by atoms with van der Waals surface area (Å²) in [6.07, 6.45) is 2.53. The number of nitrogens with zero attached hydrogens (tertiary/aromatic N) is 3. The Morgan fingerprint density at radius 2 is 2.11 bits per heavy atom. The van der Waals surface area contributed by atoms with Gasteiger partial charge in [-0.05, 0) is 61.7 Å². The van der Waals surface area contributed by atoms with Gasteiger partial charge in [0.1, 0.15) is 11.6 Å². The second-order valence-corrected chi connectivity index (χ2v) is 8.09. The Bertz CT molecular complexity index is 596. The van der Waals surface area contributed by atoms with Gasteiger partial charge >= 0.3 is 0 Å². The summed E-state index contributed by atoms with van der Waals surface area (Å²) < 4.78 is 3.48. The molecule has 2 heterocycles. The van der Waals surface area contributed by atoms with Gasteiger partial charge in [-0.25, -0.2) is 0 Å². The van der Waals surface area contributed by atoms with Crippen molar-refractivity contribution in [3.63, 3.8) is 0 Å². The molecule has 3 nitrogen and oxygen atoms in total. The van der Waals surface area contributed by atoms with Crippen LogP contribution in [0.5, 0.6) is 0 Å². The molecule has 0 unspecified atom stereocenters. The Hall–Kier alpha value is -0.680. The van der Waals surface area contributed by atoms with Crippen molar-refractivity contribution in [2.24, 2.45) is 0 Å². The van der Waals surface area contributed by atoms with Crippen LogP contribution in [-0.2, 0) is 12.0 Å². The average Bonchev–Trinajstić information content (AvgIpc) is 2.96. The summed E-state index contributed by atoms with van der Waals surface area (Å²) in [4.78, 5) is 1.32. The van der Waals surface area contributed by atoms with E-state index in [2.05, 4.69) is 63.6 Å². The molecule has 1 aliphatic carbocycles. The minimum absolute atomic E-state index is 0.0904. The van der Waals surface area contributed by atoms with Crippen molar-refractivity contribution in [1.29, 1.82) is 0 Å². The third kappa shape index (κ3) is 2.27. The van der Waals surface area contributed by atoms with Crippen molar-refractivity contribution in [1.82, 2.24) is 14.8 Å². The van der Waals surface area contributed by atoms with Crippen molar-refractivity contribution < 1.29 is 0 Å². The van der Waals surface area contributed by atoms with Crippen molar-refractivity contribution in [2.75, 3.05) is 0 Å². The molecule has 1 aliphatic rings. The zero-order valence-electron chi connectivity index (χ0n) is 11.5. The van der Waals surface area contributed by atoms with E-state index < -0.39 is 0 Å². The maximum Gasteiger partial charge on any atom is 0.143 e. The lowest BCUT2D eigenvalue weighted by Crippen LogP contribution is -2.23. The van der Waals surface area contributed by atoms with Gasteiger partial charge in [0.05, 0.1) is 9.20 Å². The van der Waals surface area contributed by atoms with Crippen LogP contribution < -0.4 is 0 Å². The number of hydrogen-bond acceptors (Lipinski definition) is 3. The third-order valence-electron chi connectivity index (χ3n) is 3.79. The van der Waals surface area contributed by atoms with Gasteiger partial charge in [0.2, 0.25) is 0 Å². The lowest BCUT2D eigenvalue weighted by molar-refractivity contribution is 0.540. The fourth-order valence-corrected chi connectivity index (χ4v) is 3.98. The van der Waals surface area contributed by atoms with Crippen LogP contribution in [0.15, 0.2) is 15.9 Å². The number of halogens is 1. The second kappa shape index (κ2) is 4.70. The normalized spacial score (nSPS) is 16.0.